The van der Waals surface area contributed by atoms with Crippen molar-refractivity contribution in [2.24, 2.45) is 0 Å². The summed E-state index contributed by atoms with van der Waals surface area (Å²) in [6, 6.07) is 6.62. The van der Waals surface area contributed by atoms with E-state index >= 15 is 0 Å². The minimum absolute atomic E-state index is 0.221. The van der Waals surface area contributed by atoms with E-state index in [4.69, 9.17) is 0 Å². The van der Waals surface area contributed by atoms with Gasteiger partial charge in [-0.2, -0.15) is 5.10 Å². The first kappa shape index (κ1) is 18.5. The molecule has 0 saturated heterocycles. The number of thiazole rings is 1. The normalized spacial score (nSPS) is 11.5. The van der Waals surface area contributed by atoms with Crippen LogP contribution in [-0.2, 0) is 6.54 Å². The van der Waals surface area contributed by atoms with Crippen molar-refractivity contribution in [3.8, 4) is 0 Å². The van der Waals surface area contributed by atoms with Gasteiger partial charge in [-0.3, -0.25) is 14.4 Å². The molecule has 0 aliphatic carbocycles. The molecule has 0 aliphatic heterocycles. The first-order valence-electron chi connectivity index (χ1n) is 8.46. The van der Waals surface area contributed by atoms with E-state index < -0.39 is 0 Å². The van der Waals surface area contributed by atoms with Gasteiger partial charge in [0.1, 0.15) is 11.3 Å². The van der Waals surface area contributed by atoms with E-state index in [2.05, 4.69) is 10.1 Å². The maximum absolute atomic E-state index is 14.0. The van der Waals surface area contributed by atoms with Crippen molar-refractivity contribution in [3.63, 3.8) is 0 Å². The molecule has 0 spiro atoms. The number of benzene rings is 1. The quantitative estimate of drug-likeness (QED) is 0.664. The third kappa shape index (κ3) is 3.61. The highest BCUT2D eigenvalue weighted by Gasteiger charge is 2.24. The Hall–Kier alpha value is -2.32. The third-order valence-corrected chi connectivity index (χ3v) is 5.15. The molecule has 3 aromatic rings. The number of hydrogen-bond donors (Lipinski definition) is 0. The van der Waals surface area contributed by atoms with Crippen molar-refractivity contribution in [3.05, 3.63) is 41.5 Å². The van der Waals surface area contributed by atoms with Crippen molar-refractivity contribution in [1.29, 1.82) is 0 Å². The fraction of sp³-hybridized carbons (Fsp3) is 0.389. The Balaban J connectivity index is 2.00. The lowest BCUT2D eigenvalue weighted by atomic mass is 10.3. The molecule has 6 nitrogen and oxygen atoms in total. The molecule has 1 aromatic carbocycles. The van der Waals surface area contributed by atoms with Crippen LogP contribution in [0.25, 0.3) is 10.2 Å². The van der Waals surface area contributed by atoms with Crippen molar-refractivity contribution in [1.82, 2.24) is 19.7 Å². The van der Waals surface area contributed by atoms with E-state index in [1.165, 1.54) is 17.4 Å². The molecule has 0 aliphatic rings. The zero-order valence-corrected chi connectivity index (χ0v) is 16.2. The number of nitrogens with zero attached hydrogens (tertiary/aromatic N) is 5. The molecule has 0 atom stereocenters. The molecule has 2 aromatic heterocycles. The number of rotatable bonds is 6. The maximum Gasteiger partial charge on any atom is 0.280 e. The fourth-order valence-corrected chi connectivity index (χ4v) is 3.68. The summed E-state index contributed by atoms with van der Waals surface area (Å²) in [6.07, 6.45) is 0. The number of carbonyl (C=O) groups excluding carboxylic acids is 1. The summed E-state index contributed by atoms with van der Waals surface area (Å²) in [4.78, 5) is 21.1. The number of likely N-dealkylation sites (N-methyl/N-ethyl adjacent to an activating group) is 1. The Bertz CT molecular complexity index is 933. The van der Waals surface area contributed by atoms with E-state index in [9.17, 15) is 9.18 Å². The fourth-order valence-electron chi connectivity index (χ4n) is 2.68. The van der Waals surface area contributed by atoms with Crippen molar-refractivity contribution in [2.75, 3.05) is 32.1 Å². The zero-order chi connectivity index (χ0) is 18.8. The largest absolute Gasteiger partial charge is 0.308 e. The SMILES string of the molecule is CCn1nc(C(=O)N(CCN(C)C)c2nc3c(F)cccc3s2)cc1C. The van der Waals surface area contributed by atoms with E-state index in [-0.39, 0.29) is 11.7 Å². The van der Waals surface area contributed by atoms with Crippen LogP contribution in [0.5, 0.6) is 0 Å². The molecule has 138 valence electrons. The van der Waals surface area contributed by atoms with Crippen LogP contribution in [0.15, 0.2) is 24.3 Å². The molecular formula is C18H22FN5OS. The summed E-state index contributed by atoms with van der Waals surface area (Å²) in [6.45, 7) is 5.71. The maximum atomic E-state index is 14.0. The molecule has 0 radical (unpaired) electrons. The highest BCUT2D eigenvalue weighted by molar-refractivity contribution is 7.22. The van der Waals surface area contributed by atoms with Crippen LogP contribution in [0.3, 0.4) is 0 Å². The summed E-state index contributed by atoms with van der Waals surface area (Å²) < 4.78 is 16.5. The first-order valence-corrected chi connectivity index (χ1v) is 9.28. The number of para-hydroxylation sites is 1. The van der Waals surface area contributed by atoms with Crippen molar-refractivity contribution >= 4 is 32.6 Å². The lowest BCUT2D eigenvalue weighted by molar-refractivity contribution is 0.0979. The highest BCUT2D eigenvalue weighted by atomic mass is 32.1. The van der Waals surface area contributed by atoms with Gasteiger partial charge in [-0.1, -0.05) is 17.4 Å². The molecule has 2 heterocycles. The Morgan fingerprint density at radius 2 is 2.08 bits per heavy atom. The zero-order valence-electron chi connectivity index (χ0n) is 15.4. The van der Waals surface area contributed by atoms with Crippen molar-refractivity contribution < 1.29 is 9.18 Å². The van der Waals surface area contributed by atoms with Crippen LogP contribution < -0.4 is 4.90 Å². The summed E-state index contributed by atoms with van der Waals surface area (Å²) in [5.41, 5.74) is 1.60. The molecule has 8 heteroatoms. The third-order valence-electron chi connectivity index (χ3n) is 4.11. The molecule has 1 amide bonds. The number of fused-ring (bicyclic) bond motifs is 1. The van der Waals surface area contributed by atoms with Gasteiger partial charge in [-0.15, -0.1) is 0 Å². The van der Waals surface area contributed by atoms with Crippen LogP contribution in [0, 0.1) is 12.7 Å². The molecule has 26 heavy (non-hydrogen) atoms. The van der Waals surface area contributed by atoms with Crippen LogP contribution in [-0.4, -0.2) is 52.8 Å². The molecule has 0 N–H and O–H groups in total. The van der Waals surface area contributed by atoms with Gasteiger partial charge in [0.25, 0.3) is 5.91 Å². The van der Waals surface area contributed by atoms with Gasteiger partial charge >= 0.3 is 0 Å². The van der Waals surface area contributed by atoms with Crippen LogP contribution in [0.4, 0.5) is 9.52 Å². The van der Waals surface area contributed by atoms with E-state index in [0.29, 0.717) is 36.0 Å². The summed E-state index contributed by atoms with van der Waals surface area (Å²) in [5.74, 6) is -0.599. The Labute approximate surface area is 155 Å². The summed E-state index contributed by atoms with van der Waals surface area (Å²) in [5, 5.41) is 4.87. The smallest absolute Gasteiger partial charge is 0.280 e. The summed E-state index contributed by atoms with van der Waals surface area (Å²) in [7, 11) is 3.88. The number of hydrogen-bond acceptors (Lipinski definition) is 5. The first-order chi connectivity index (χ1) is 12.4. The van der Waals surface area contributed by atoms with Gasteiger partial charge in [0.05, 0.1) is 4.70 Å². The lowest BCUT2D eigenvalue weighted by Gasteiger charge is -2.21. The monoisotopic (exact) mass is 375 g/mol. The van der Waals surface area contributed by atoms with E-state index in [1.807, 2.05) is 38.9 Å². The summed E-state index contributed by atoms with van der Waals surface area (Å²) >= 11 is 1.31. The molecule has 0 unspecified atom stereocenters. The van der Waals surface area contributed by atoms with Gasteiger partial charge in [-0.25, -0.2) is 9.37 Å². The topological polar surface area (TPSA) is 54.3 Å². The van der Waals surface area contributed by atoms with Gasteiger partial charge in [-0.05, 0) is 46.1 Å². The Kier molecular flexibility index (Phi) is 5.33. The van der Waals surface area contributed by atoms with Gasteiger partial charge in [0.2, 0.25) is 0 Å². The Morgan fingerprint density at radius 1 is 1.31 bits per heavy atom. The van der Waals surface area contributed by atoms with Gasteiger partial charge in [0, 0.05) is 25.3 Å². The second kappa shape index (κ2) is 7.51. The highest BCUT2D eigenvalue weighted by Crippen LogP contribution is 2.31. The minimum Gasteiger partial charge on any atom is -0.308 e. The number of aromatic nitrogens is 3. The Morgan fingerprint density at radius 3 is 2.69 bits per heavy atom. The molecule has 0 bridgehead atoms. The van der Waals surface area contributed by atoms with Crippen LogP contribution in [0.2, 0.25) is 0 Å². The van der Waals surface area contributed by atoms with E-state index in [0.717, 1.165) is 10.4 Å². The molecule has 3 rings (SSSR count). The number of aryl methyl sites for hydroxylation is 2. The van der Waals surface area contributed by atoms with Gasteiger partial charge in [0.15, 0.2) is 10.8 Å². The average Bonchev–Trinajstić information content (AvgIpc) is 3.19. The number of anilines is 1. The average molecular weight is 375 g/mol. The van der Waals surface area contributed by atoms with Crippen LogP contribution >= 0.6 is 11.3 Å². The molecule has 0 saturated carbocycles. The second-order valence-corrected chi connectivity index (χ2v) is 7.34. The second-order valence-electron chi connectivity index (χ2n) is 6.33. The number of halogens is 1. The lowest BCUT2D eigenvalue weighted by Crippen LogP contribution is -2.37. The van der Waals surface area contributed by atoms with Gasteiger partial charge < -0.3 is 4.90 Å². The number of carbonyl (C=O) groups is 1. The number of amides is 1. The standard InChI is InChI=1S/C18H22FN5OS/c1-5-24-12(2)11-14(21-24)17(25)23(10-9-22(3)4)18-20-16-13(19)7-6-8-15(16)26-18/h6-8,11H,5,9-10H2,1-4H3. The van der Waals surface area contributed by atoms with Crippen LogP contribution in [0.1, 0.15) is 23.1 Å². The predicted octanol–water partition coefficient (Wildman–Crippen LogP) is 3.17. The minimum atomic E-state index is -0.379. The predicted molar refractivity (Wildman–Crippen MR) is 102 cm³/mol. The molecule has 0 fully saturated rings. The van der Waals surface area contributed by atoms with E-state index in [1.54, 1.807) is 21.7 Å². The molecular weight excluding hydrogens is 353 g/mol. The van der Waals surface area contributed by atoms with Crippen molar-refractivity contribution in [2.45, 2.75) is 20.4 Å².